The molecule has 2 aromatic heterocycles. The third-order valence-corrected chi connectivity index (χ3v) is 2.26. The van der Waals surface area contributed by atoms with Crippen LogP contribution in [-0.2, 0) is 6.18 Å². The molecule has 18 heavy (non-hydrogen) atoms. The number of nitrogens with two attached hydrogens (primary N) is 1. The first kappa shape index (κ1) is 12.3. The van der Waals surface area contributed by atoms with E-state index in [-0.39, 0.29) is 11.4 Å². The van der Waals surface area contributed by atoms with E-state index >= 15 is 0 Å². The summed E-state index contributed by atoms with van der Waals surface area (Å²) in [4.78, 5) is 6.84. The van der Waals surface area contributed by atoms with Crippen molar-refractivity contribution in [3.63, 3.8) is 0 Å². The highest BCUT2D eigenvalue weighted by atomic mass is 19.4. The molecule has 0 aliphatic heterocycles. The average molecular weight is 257 g/mol. The van der Waals surface area contributed by atoms with E-state index in [1.807, 2.05) is 0 Å². The van der Waals surface area contributed by atoms with Gasteiger partial charge in [-0.3, -0.25) is 0 Å². The zero-order chi connectivity index (χ0) is 13.3. The van der Waals surface area contributed by atoms with Crippen LogP contribution in [0.2, 0.25) is 0 Å². The fourth-order valence-electron chi connectivity index (χ4n) is 1.38. The van der Waals surface area contributed by atoms with Crippen molar-refractivity contribution in [3.05, 3.63) is 42.1 Å². The minimum atomic E-state index is -4.78. The van der Waals surface area contributed by atoms with Crippen molar-refractivity contribution >= 4 is 5.82 Å². The molecule has 0 aliphatic rings. The maximum Gasteiger partial charge on any atom is 0.420 e. The van der Waals surface area contributed by atoms with Gasteiger partial charge >= 0.3 is 6.18 Å². The molecule has 94 valence electrons. The van der Waals surface area contributed by atoms with Crippen LogP contribution in [0.15, 0.2) is 30.6 Å². The van der Waals surface area contributed by atoms with Gasteiger partial charge in [-0.1, -0.05) is 0 Å². The average Bonchev–Trinajstić information content (AvgIpc) is 2.29. The van der Waals surface area contributed by atoms with Crippen LogP contribution in [0.1, 0.15) is 5.56 Å². The smallest absolute Gasteiger partial charge is 0.384 e. The van der Waals surface area contributed by atoms with E-state index in [0.29, 0.717) is 11.6 Å². The van der Waals surface area contributed by atoms with Gasteiger partial charge in [0.05, 0.1) is 0 Å². The molecule has 2 rings (SSSR count). The Morgan fingerprint density at radius 1 is 1.00 bits per heavy atom. The highest BCUT2D eigenvalue weighted by Gasteiger charge is 2.35. The summed E-state index contributed by atoms with van der Waals surface area (Å²) >= 11 is 0. The first-order chi connectivity index (χ1) is 8.38. The van der Waals surface area contributed by atoms with Gasteiger partial charge in [-0.2, -0.15) is 17.6 Å². The number of aromatic nitrogens is 2. The van der Waals surface area contributed by atoms with Crippen LogP contribution in [0.3, 0.4) is 0 Å². The molecule has 0 radical (unpaired) electrons. The van der Waals surface area contributed by atoms with Crippen LogP contribution in [-0.4, -0.2) is 9.97 Å². The Morgan fingerprint density at radius 2 is 1.67 bits per heavy atom. The topological polar surface area (TPSA) is 51.8 Å². The molecule has 2 heterocycles. The van der Waals surface area contributed by atoms with Crippen molar-refractivity contribution in [2.45, 2.75) is 6.18 Å². The number of anilines is 1. The summed E-state index contributed by atoms with van der Waals surface area (Å²) in [5.41, 5.74) is 4.45. The molecular formula is C11H7F4N3. The predicted molar refractivity (Wildman–Crippen MR) is 56.8 cm³/mol. The largest absolute Gasteiger partial charge is 0.420 e. The number of alkyl halides is 3. The Balaban J connectivity index is 2.50. The normalized spacial score (nSPS) is 11.6. The van der Waals surface area contributed by atoms with E-state index < -0.39 is 17.7 Å². The lowest BCUT2D eigenvalue weighted by atomic mass is 10.1. The molecule has 0 aromatic carbocycles. The number of hydrogen-bond donors (Lipinski definition) is 1. The summed E-state index contributed by atoms with van der Waals surface area (Å²) < 4.78 is 50.5. The lowest BCUT2D eigenvalue weighted by Crippen LogP contribution is -2.09. The van der Waals surface area contributed by atoms with Crippen molar-refractivity contribution < 1.29 is 17.6 Å². The van der Waals surface area contributed by atoms with Crippen molar-refractivity contribution in [3.8, 4) is 11.1 Å². The highest BCUT2D eigenvalue weighted by molar-refractivity contribution is 5.63. The summed E-state index contributed by atoms with van der Waals surface area (Å²) in [6, 6.07) is 3.61. The zero-order valence-corrected chi connectivity index (χ0v) is 8.87. The van der Waals surface area contributed by atoms with E-state index in [0.717, 1.165) is 6.20 Å². The molecule has 0 atom stereocenters. The van der Waals surface area contributed by atoms with Crippen molar-refractivity contribution in [1.82, 2.24) is 9.97 Å². The lowest BCUT2D eigenvalue weighted by molar-refractivity contribution is -0.140. The van der Waals surface area contributed by atoms with Crippen LogP contribution in [0.4, 0.5) is 23.4 Å². The van der Waals surface area contributed by atoms with Crippen LogP contribution >= 0.6 is 0 Å². The SMILES string of the molecule is Nc1ccc(-c2cnc(F)c(C(F)(F)F)c2)cn1. The zero-order valence-electron chi connectivity index (χ0n) is 8.87. The predicted octanol–water partition coefficient (Wildman–Crippen LogP) is 2.88. The van der Waals surface area contributed by atoms with Crippen molar-refractivity contribution in [2.75, 3.05) is 5.73 Å². The third-order valence-electron chi connectivity index (χ3n) is 2.26. The lowest BCUT2D eigenvalue weighted by Gasteiger charge is -2.09. The monoisotopic (exact) mass is 257 g/mol. The molecule has 0 amide bonds. The Labute approximate surface area is 99.3 Å². The quantitative estimate of drug-likeness (QED) is 0.631. The first-order valence-corrected chi connectivity index (χ1v) is 4.82. The van der Waals surface area contributed by atoms with Crippen molar-refractivity contribution in [1.29, 1.82) is 0 Å². The highest BCUT2D eigenvalue weighted by Crippen LogP contribution is 2.33. The number of nitrogen functional groups attached to an aromatic ring is 1. The third kappa shape index (κ3) is 2.39. The standard InChI is InChI=1S/C11H7F4N3/c12-10-8(11(13,14)15)3-7(5-18-10)6-1-2-9(16)17-4-6/h1-5H,(H2,16,17). The van der Waals surface area contributed by atoms with Crippen molar-refractivity contribution in [2.24, 2.45) is 0 Å². The Hall–Kier alpha value is -2.18. The Kier molecular flexibility index (Phi) is 2.90. The summed E-state index contributed by atoms with van der Waals surface area (Å²) in [6.07, 6.45) is -2.48. The molecule has 2 N–H and O–H groups in total. The van der Waals surface area contributed by atoms with Gasteiger partial charge in [0.15, 0.2) is 0 Å². The molecule has 0 spiro atoms. The molecule has 2 aromatic rings. The molecule has 0 saturated heterocycles. The molecular weight excluding hydrogens is 250 g/mol. The van der Waals surface area contributed by atoms with Gasteiger partial charge in [0, 0.05) is 23.5 Å². The van der Waals surface area contributed by atoms with Crippen LogP contribution < -0.4 is 5.73 Å². The van der Waals surface area contributed by atoms with Gasteiger partial charge in [0.25, 0.3) is 0 Å². The molecule has 0 bridgehead atoms. The Bertz CT molecular complexity index is 563. The number of nitrogens with zero attached hydrogens (tertiary/aromatic N) is 2. The van der Waals surface area contributed by atoms with E-state index in [4.69, 9.17) is 5.73 Å². The molecule has 0 fully saturated rings. The minimum Gasteiger partial charge on any atom is -0.384 e. The van der Waals surface area contributed by atoms with E-state index in [1.165, 1.54) is 18.3 Å². The maximum atomic E-state index is 13.0. The fourth-order valence-corrected chi connectivity index (χ4v) is 1.38. The second-order valence-electron chi connectivity index (χ2n) is 3.53. The van der Waals surface area contributed by atoms with E-state index in [2.05, 4.69) is 9.97 Å². The first-order valence-electron chi connectivity index (χ1n) is 4.82. The number of hydrogen-bond acceptors (Lipinski definition) is 3. The second-order valence-corrected chi connectivity index (χ2v) is 3.53. The van der Waals surface area contributed by atoms with Gasteiger partial charge in [0.2, 0.25) is 5.95 Å². The van der Waals surface area contributed by atoms with Gasteiger partial charge in [-0.15, -0.1) is 0 Å². The number of halogens is 4. The van der Waals surface area contributed by atoms with E-state index in [9.17, 15) is 17.6 Å². The molecule has 7 heteroatoms. The van der Waals surface area contributed by atoms with Crippen LogP contribution in [0.5, 0.6) is 0 Å². The fraction of sp³-hybridized carbons (Fsp3) is 0.0909. The summed E-state index contributed by atoms with van der Waals surface area (Å²) in [7, 11) is 0. The molecule has 0 unspecified atom stereocenters. The molecule has 0 saturated carbocycles. The molecule has 3 nitrogen and oxygen atoms in total. The van der Waals surface area contributed by atoms with Crippen LogP contribution in [0.25, 0.3) is 11.1 Å². The van der Waals surface area contributed by atoms with E-state index in [1.54, 1.807) is 0 Å². The maximum absolute atomic E-state index is 13.0. The summed E-state index contributed by atoms with van der Waals surface area (Å²) in [5.74, 6) is -1.31. The number of pyridine rings is 2. The second kappa shape index (κ2) is 4.25. The minimum absolute atomic E-state index is 0.122. The van der Waals surface area contributed by atoms with Gasteiger partial charge in [-0.05, 0) is 18.2 Å². The van der Waals surface area contributed by atoms with Gasteiger partial charge in [-0.25, -0.2) is 9.97 Å². The van der Waals surface area contributed by atoms with Crippen LogP contribution in [0, 0.1) is 5.95 Å². The molecule has 0 aliphatic carbocycles. The summed E-state index contributed by atoms with van der Waals surface area (Å²) in [6.45, 7) is 0. The van der Waals surface area contributed by atoms with Gasteiger partial charge in [0.1, 0.15) is 11.4 Å². The number of rotatable bonds is 1. The summed E-state index contributed by atoms with van der Waals surface area (Å²) in [5, 5.41) is 0. The Morgan fingerprint density at radius 3 is 2.22 bits per heavy atom. The van der Waals surface area contributed by atoms with Gasteiger partial charge < -0.3 is 5.73 Å².